The smallest absolute Gasteiger partial charge is 0.157 e. The molecule has 0 spiro atoms. The van der Waals surface area contributed by atoms with Gasteiger partial charge in [-0.3, -0.25) is 0 Å². The summed E-state index contributed by atoms with van der Waals surface area (Å²) < 4.78 is 11.3. The molecule has 1 N–H and O–H groups in total. The molecule has 3 heteroatoms. The van der Waals surface area contributed by atoms with Crippen molar-refractivity contribution in [2.24, 2.45) is 0 Å². The number of aliphatic hydroxyl groups excluding tert-OH is 1. The molecule has 0 saturated carbocycles. The van der Waals surface area contributed by atoms with E-state index < -0.39 is 0 Å². The number of hydrogen-bond donors (Lipinski definition) is 1. The van der Waals surface area contributed by atoms with Gasteiger partial charge in [0.15, 0.2) is 6.29 Å². The summed E-state index contributed by atoms with van der Waals surface area (Å²) in [4.78, 5) is 0. The zero-order valence-corrected chi connectivity index (χ0v) is 17.7. The fraction of sp³-hybridized carbons (Fsp3) is 0.917. The lowest BCUT2D eigenvalue weighted by Crippen LogP contribution is -2.22. The Labute approximate surface area is 168 Å². The average molecular weight is 381 g/mol. The number of unbranched alkanes of at least 4 members (excludes halogenated alkanes) is 13. The Bertz CT molecular complexity index is 352. The summed E-state index contributed by atoms with van der Waals surface area (Å²) >= 11 is 0. The lowest BCUT2D eigenvalue weighted by Gasteiger charge is -2.22. The molecule has 1 aliphatic rings. The van der Waals surface area contributed by atoms with Gasteiger partial charge in [-0.1, -0.05) is 57.8 Å². The first-order chi connectivity index (χ1) is 13.4. The molecule has 1 unspecified atom stereocenters. The Morgan fingerprint density at radius 2 is 1.26 bits per heavy atom. The third-order valence-corrected chi connectivity index (χ3v) is 5.22. The third kappa shape index (κ3) is 17.3. The van der Waals surface area contributed by atoms with Crippen LogP contribution >= 0.6 is 0 Å². The summed E-state index contributed by atoms with van der Waals surface area (Å²) in [5.41, 5.74) is 0. The van der Waals surface area contributed by atoms with E-state index in [1.54, 1.807) is 0 Å². The van der Waals surface area contributed by atoms with E-state index in [-0.39, 0.29) is 6.29 Å². The molecule has 1 heterocycles. The molecule has 0 radical (unpaired) electrons. The molecule has 1 rings (SSSR count). The summed E-state index contributed by atoms with van der Waals surface area (Å²) in [6.07, 6.45) is 22.1. The quantitative estimate of drug-likeness (QED) is 0.235. The zero-order chi connectivity index (χ0) is 19.3. The second kappa shape index (κ2) is 20.2. The van der Waals surface area contributed by atoms with Gasteiger partial charge in [-0.05, 0) is 44.9 Å². The first-order valence-electron chi connectivity index (χ1n) is 11.7. The highest BCUT2D eigenvalue weighted by Gasteiger charge is 2.12. The molecule has 0 amide bonds. The molecular formula is C24H44O3. The van der Waals surface area contributed by atoms with Gasteiger partial charge in [0.25, 0.3) is 0 Å². The first-order valence-corrected chi connectivity index (χ1v) is 11.7. The van der Waals surface area contributed by atoms with Crippen LogP contribution < -0.4 is 0 Å². The molecule has 1 atom stereocenters. The number of ether oxygens (including phenoxy) is 2. The Morgan fingerprint density at radius 1 is 0.704 bits per heavy atom. The van der Waals surface area contributed by atoms with E-state index in [4.69, 9.17) is 14.6 Å². The molecule has 0 aromatic rings. The van der Waals surface area contributed by atoms with E-state index in [1.165, 1.54) is 77.0 Å². The highest BCUT2D eigenvalue weighted by atomic mass is 16.7. The van der Waals surface area contributed by atoms with E-state index in [9.17, 15) is 0 Å². The lowest BCUT2D eigenvalue weighted by atomic mass is 10.1. The minimum atomic E-state index is 0.0571. The molecule has 0 aromatic heterocycles. The maximum atomic E-state index is 8.73. The Morgan fingerprint density at radius 3 is 1.81 bits per heavy atom. The minimum Gasteiger partial charge on any atom is -0.396 e. The second-order valence-corrected chi connectivity index (χ2v) is 7.84. The standard InChI is InChI=1S/C24H44O3/c25-21-17-14-12-10-8-6-4-2-1-3-5-7-9-11-13-15-18-22-26-24-20-16-19-23-27-24/h24-25H,1-8,10,12-23H2. The maximum absolute atomic E-state index is 8.73. The van der Waals surface area contributed by atoms with Crippen molar-refractivity contribution in [2.45, 2.75) is 122 Å². The summed E-state index contributed by atoms with van der Waals surface area (Å²) in [5.74, 6) is 6.64. The van der Waals surface area contributed by atoms with E-state index in [1.807, 2.05) is 0 Å². The van der Waals surface area contributed by atoms with Gasteiger partial charge in [-0.2, -0.15) is 0 Å². The first kappa shape index (κ1) is 24.5. The summed E-state index contributed by atoms with van der Waals surface area (Å²) in [6, 6.07) is 0. The largest absolute Gasteiger partial charge is 0.396 e. The van der Waals surface area contributed by atoms with Gasteiger partial charge < -0.3 is 14.6 Å². The fourth-order valence-corrected chi connectivity index (χ4v) is 3.47. The summed E-state index contributed by atoms with van der Waals surface area (Å²) in [5, 5.41) is 8.73. The van der Waals surface area contributed by atoms with E-state index >= 15 is 0 Å². The minimum absolute atomic E-state index is 0.0571. The van der Waals surface area contributed by atoms with Crippen LogP contribution in [0, 0.1) is 11.8 Å². The second-order valence-electron chi connectivity index (χ2n) is 7.84. The van der Waals surface area contributed by atoms with Crippen LogP contribution in [0.15, 0.2) is 0 Å². The zero-order valence-electron chi connectivity index (χ0n) is 17.7. The van der Waals surface area contributed by atoms with Crippen molar-refractivity contribution in [1.29, 1.82) is 0 Å². The molecule has 3 nitrogen and oxygen atoms in total. The van der Waals surface area contributed by atoms with Crippen LogP contribution in [0.5, 0.6) is 0 Å². The van der Waals surface area contributed by atoms with Crippen molar-refractivity contribution < 1.29 is 14.6 Å². The molecule has 1 aliphatic heterocycles. The lowest BCUT2D eigenvalue weighted by molar-refractivity contribution is -0.162. The molecule has 1 saturated heterocycles. The predicted molar refractivity (Wildman–Crippen MR) is 114 cm³/mol. The Balaban J connectivity index is 1.71. The van der Waals surface area contributed by atoms with Crippen LogP contribution in [0.3, 0.4) is 0 Å². The van der Waals surface area contributed by atoms with Crippen molar-refractivity contribution in [3.63, 3.8) is 0 Å². The van der Waals surface area contributed by atoms with E-state index in [0.717, 1.165) is 51.7 Å². The van der Waals surface area contributed by atoms with Crippen LogP contribution in [-0.4, -0.2) is 31.2 Å². The van der Waals surface area contributed by atoms with Gasteiger partial charge in [0.05, 0.1) is 0 Å². The van der Waals surface area contributed by atoms with Gasteiger partial charge in [0.1, 0.15) is 0 Å². The highest BCUT2D eigenvalue weighted by molar-refractivity contribution is 4.98. The normalized spacial score (nSPS) is 16.9. The van der Waals surface area contributed by atoms with Gasteiger partial charge in [-0.15, -0.1) is 11.8 Å². The Hall–Kier alpha value is -0.560. The third-order valence-electron chi connectivity index (χ3n) is 5.22. The highest BCUT2D eigenvalue weighted by Crippen LogP contribution is 2.14. The Kier molecular flexibility index (Phi) is 18.3. The molecule has 0 aliphatic carbocycles. The summed E-state index contributed by atoms with van der Waals surface area (Å²) in [7, 11) is 0. The van der Waals surface area contributed by atoms with Crippen molar-refractivity contribution >= 4 is 0 Å². The molecule has 1 fully saturated rings. The van der Waals surface area contributed by atoms with Crippen molar-refractivity contribution in [1.82, 2.24) is 0 Å². The van der Waals surface area contributed by atoms with Crippen molar-refractivity contribution in [2.75, 3.05) is 19.8 Å². The van der Waals surface area contributed by atoms with Crippen LogP contribution in [0.2, 0.25) is 0 Å². The van der Waals surface area contributed by atoms with E-state index in [0.29, 0.717) is 6.61 Å². The topological polar surface area (TPSA) is 38.7 Å². The maximum Gasteiger partial charge on any atom is 0.157 e. The number of rotatable bonds is 17. The van der Waals surface area contributed by atoms with Crippen LogP contribution in [0.1, 0.15) is 116 Å². The fourth-order valence-electron chi connectivity index (χ4n) is 3.47. The van der Waals surface area contributed by atoms with Gasteiger partial charge in [0.2, 0.25) is 0 Å². The molecular weight excluding hydrogens is 336 g/mol. The van der Waals surface area contributed by atoms with Crippen LogP contribution in [0.25, 0.3) is 0 Å². The molecule has 158 valence electrons. The monoisotopic (exact) mass is 380 g/mol. The SMILES string of the molecule is OCCCCCCCCCCCCCC#CCCCCOC1CCCCO1. The van der Waals surface area contributed by atoms with Crippen molar-refractivity contribution in [3.05, 3.63) is 0 Å². The van der Waals surface area contributed by atoms with Crippen LogP contribution in [0.4, 0.5) is 0 Å². The van der Waals surface area contributed by atoms with E-state index in [2.05, 4.69) is 11.8 Å². The number of hydrogen-bond acceptors (Lipinski definition) is 3. The van der Waals surface area contributed by atoms with Crippen molar-refractivity contribution in [3.8, 4) is 11.8 Å². The summed E-state index contributed by atoms with van der Waals surface area (Å²) in [6.45, 7) is 2.03. The molecule has 0 aromatic carbocycles. The molecule has 0 bridgehead atoms. The predicted octanol–water partition coefficient (Wildman–Crippen LogP) is 6.38. The number of aliphatic hydroxyl groups is 1. The average Bonchev–Trinajstić information content (AvgIpc) is 2.70. The van der Waals surface area contributed by atoms with Gasteiger partial charge in [0, 0.05) is 32.7 Å². The van der Waals surface area contributed by atoms with Gasteiger partial charge >= 0.3 is 0 Å². The molecule has 27 heavy (non-hydrogen) atoms. The van der Waals surface area contributed by atoms with Crippen LogP contribution in [-0.2, 0) is 9.47 Å². The van der Waals surface area contributed by atoms with Gasteiger partial charge in [-0.25, -0.2) is 0 Å².